The third kappa shape index (κ3) is 2.50. The number of nitrogens with zero attached hydrogens (tertiary/aromatic N) is 1. The van der Waals surface area contributed by atoms with Gasteiger partial charge in [-0.15, -0.1) is 11.6 Å². The van der Waals surface area contributed by atoms with Crippen LogP contribution in [0.3, 0.4) is 0 Å². The van der Waals surface area contributed by atoms with Gasteiger partial charge in [-0.25, -0.2) is 4.79 Å². The summed E-state index contributed by atoms with van der Waals surface area (Å²) in [5.74, 6) is 0.551. The van der Waals surface area contributed by atoms with Crippen molar-refractivity contribution in [3.8, 4) is 0 Å². The largest absolute Gasteiger partial charge is 0.325 e. The Morgan fingerprint density at radius 2 is 1.43 bits per heavy atom. The fourth-order valence-electron chi connectivity index (χ4n) is 3.11. The molecular weight excluding hydrogens is 282 g/mol. The van der Waals surface area contributed by atoms with E-state index in [1.54, 1.807) is 0 Å². The third-order valence-electron chi connectivity index (χ3n) is 4.12. The highest BCUT2D eigenvalue weighted by atomic mass is 35.5. The zero-order valence-corrected chi connectivity index (χ0v) is 12.7. The van der Waals surface area contributed by atoms with E-state index >= 15 is 0 Å². The highest BCUT2D eigenvalue weighted by Crippen LogP contribution is 2.46. The molecule has 1 saturated carbocycles. The first-order valence-electron chi connectivity index (χ1n) is 7.39. The van der Waals surface area contributed by atoms with Crippen LogP contribution in [-0.4, -0.2) is 17.8 Å². The van der Waals surface area contributed by atoms with Crippen LogP contribution in [0.25, 0.3) is 0 Å². The summed E-state index contributed by atoms with van der Waals surface area (Å²) in [6.07, 6.45) is 2.55. The van der Waals surface area contributed by atoms with Gasteiger partial charge in [-0.3, -0.25) is 0 Å². The molecule has 1 aliphatic rings. The summed E-state index contributed by atoms with van der Waals surface area (Å²) >= 11 is 5.87. The van der Waals surface area contributed by atoms with Crippen molar-refractivity contribution in [2.45, 2.75) is 25.3 Å². The molecule has 3 heteroatoms. The second kappa shape index (κ2) is 6.00. The molecule has 2 aromatic rings. The van der Waals surface area contributed by atoms with Gasteiger partial charge in [-0.2, -0.15) is 4.48 Å². The van der Waals surface area contributed by atoms with E-state index in [9.17, 15) is 4.79 Å². The Morgan fingerprint density at radius 1 is 0.952 bits per heavy atom. The van der Waals surface area contributed by atoms with Crippen LogP contribution in [-0.2, 0) is 4.79 Å². The lowest BCUT2D eigenvalue weighted by Gasteiger charge is -2.35. The maximum absolute atomic E-state index is 13.0. The van der Waals surface area contributed by atoms with E-state index in [2.05, 4.69) is 24.3 Å². The molecule has 1 fully saturated rings. The number of para-hydroxylation sites is 2. The molecule has 2 nitrogen and oxygen atoms in total. The fraction of sp³-hybridized carbons (Fsp3) is 0.278. The Bertz CT molecular complexity index is 568. The molecule has 1 amide bonds. The van der Waals surface area contributed by atoms with Gasteiger partial charge in [0.1, 0.15) is 17.4 Å². The molecule has 2 aromatic carbocycles. The van der Waals surface area contributed by atoms with Crippen LogP contribution in [0, 0.1) is 0 Å². The summed E-state index contributed by atoms with van der Waals surface area (Å²) < 4.78 is 0.314. The van der Waals surface area contributed by atoms with E-state index in [1.165, 1.54) is 0 Å². The van der Waals surface area contributed by atoms with Gasteiger partial charge in [0, 0.05) is 43.0 Å². The lowest BCUT2D eigenvalue weighted by atomic mass is 10.1. The van der Waals surface area contributed by atoms with Crippen molar-refractivity contribution >= 4 is 28.9 Å². The summed E-state index contributed by atoms with van der Waals surface area (Å²) in [7, 11) is 0. The zero-order chi connectivity index (χ0) is 14.7. The van der Waals surface area contributed by atoms with E-state index in [0.29, 0.717) is 22.8 Å². The molecule has 0 aliphatic heterocycles. The van der Waals surface area contributed by atoms with E-state index in [1.807, 2.05) is 36.4 Å². The average Bonchev–Trinajstić information content (AvgIpc) is 3.36. The second-order valence-corrected chi connectivity index (χ2v) is 5.84. The summed E-state index contributed by atoms with van der Waals surface area (Å²) in [5, 5.41) is 0. The zero-order valence-electron chi connectivity index (χ0n) is 11.9. The second-order valence-electron chi connectivity index (χ2n) is 5.46. The summed E-state index contributed by atoms with van der Waals surface area (Å²) in [6.45, 7) is 0. The molecule has 0 N–H and O–H groups in total. The predicted octanol–water partition coefficient (Wildman–Crippen LogP) is 4.64. The van der Waals surface area contributed by atoms with E-state index in [0.717, 1.165) is 24.2 Å². The number of carbonyl (C=O) groups excluding carboxylic acids is 1. The Morgan fingerprint density at radius 3 is 1.81 bits per heavy atom. The molecule has 0 atom stereocenters. The van der Waals surface area contributed by atoms with Gasteiger partial charge < -0.3 is 0 Å². The molecule has 0 spiro atoms. The average molecular weight is 301 g/mol. The van der Waals surface area contributed by atoms with Gasteiger partial charge in [0.25, 0.3) is 0 Å². The molecule has 108 valence electrons. The summed E-state index contributed by atoms with van der Waals surface area (Å²) in [4.78, 5) is 13.0. The number of alkyl halides is 1. The van der Waals surface area contributed by atoms with Gasteiger partial charge in [0.15, 0.2) is 0 Å². The van der Waals surface area contributed by atoms with Crippen molar-refractivity contribution in [3.63, 3.8) is 0 Å². The van der Waals surface area contributed by atoms with Crippen molar-refractivity contribution in [1.29, 1.82) is 0 Å². The molecule has 0 aromatic heterocycles. The number of rotatable bonds is 5. The number of amides is 1. The number of hydrogen-bond donors (Lipinski definition) is 0. The van der Waals surface area contributed by atoms with E-state index in [4.69, 9.17) is 11.6 Å². The first kappa shape index (κ1) is 14.3. The number of quaternary nitrogens is 1. The first-order valence-corrected chi connectivity index (χ1v) is 7.93. The fourth-order valence-corrected chi connectivity index (χ4v) is 3.27. The summed E-state index contributed by atoms with van der Waals surface area (Å²) in [5.41, 5.74) is 2.09. The van der Waals surface area contributed by atoms with E-state index in [-0.39, 0.29) is 5.91 Å². The highest BCUT2D eigenvalue weighted by molar-refractivity contribution is 6.19. The van der Waals surface area contributed by atoms with Crippen LogP contribution in [0.4, 0.5) is 11.4 Å². The Kier molecular flexibility index (Phi) is 4.09. The van der Waals surface area contributed by atoms with Gasteiger partial charge >= 0.3 is 5.91 Å². The van der Waals surface area contributed by atoms with Crippen LogP contribution in [0.15, 0.2) is 60.7 Å². The molecule has 1 aliphatic carbocycles. The molecule has 21 heavy (non-hydrogen) atoms. The van der Waals surface area contributed by atoms with Crippen LogP contribution in [0.5, 0.6) is 0 Å². The Hall–Kier alpha value is -1.64. The number of benzene rings is 2. The maximum atomic E-state index is 13.0. The first-order chi connectivity index (χ1) is 10.3. The minimum atomic E-state index is 0.185. The quantitative estimate of drug-likeness (QED) is 0.580. The standard InChI is InChI=1S/C18H19ClNO/c19-14-13-18(21)20(17-11-12-17,15-7-3-1-4-8-15)16-9-5-2-6-10-16/h1-10,17H,11-14H2/q+1. The SMILES string of the molecule is O=C(CCCl)[N+](c1ccccc1)(c1ccccc1)C1CC1. The van der Waals surface area contributed by atoms with Crippen molar-refractivity contribution in [3.05, 3.63) is 60.7 Å². The van der Waals surface area contributed by atoms with Gasteiger partial charge in [-0.05, 0) is 0 Å². The Balaban J connectivity index is 2.19. The maximum Gasteiger partial charge on any atom is 0.325 e. The minimum Gasteiger partial charge on any atom is -0.230 e. The lowest BCUT2D eigenvalue weighted by Crippen LogP contribution is -2.51. The van der Waals surface area contributed by atoms with Gasteiger partial charge in [0.2, 0.25) is 0 Å². The van der Waals surface area contributed by atoms with Crippen molar-refractivity contribution < 1.29 is 4.79 Å². The molecule has 3 rings (SSSR count). The number of hydrogen-bond acceptors (Lipinski definition) is 1. The molecule has 0 saturated heterocycles. The Labute approximate surface area is 130 Å². The smallest absolute Gasteiger partial charge is 0.230 e. The van der Waals surface area contributed by atoms with Crippen LogP contribution >= 0.6 is 11.6 Å². The van der Waals surface area contributed by atoms with Crippen LogP contribution < -0.4 is 4.48 Å². The van der Waals surface area contributed by atoms with Gasteiger partial charge in [-0.1, -0.05) is 36.4 Å². The molecule has 0 bridgehead atoms. The minimum absolute atomic E-state index is 0.185. The monoisotopic (exact) mass is 300 g/mol. The lowest BCUT2D eigenvalue weighted by molar-refractivity contribution is -0.127. The molecular formula is C18H19ClNO+. The van der Waals surface area contributed by atoms with Crippen molar-refractivity contribution in [2.75, 3.05) is 5.88 Å². The normalized spacial score (nSPS) is 14.9. The molecule has 0 radical (unpaired) electrons. The predicted molar refractivity (Wildman–Crippen MR) is 87.7 cm³/mol. The number of halogens is 1. The van der Waals surface area contributed by atoms with Crippen molar-refractivity contribution in [1.82, 2.24) is 4.48 Å². The van der Waals surface area contributed by atoms with Crippen molar-refractivity contribution in [2.24, 2.45) is 0 Å². The van der Waals surface area contributed by atoms with Crippen LogP contribution in [0.1, 0.15) is 19.3 Å². The molecule has 0 unspecified atom stereocenters. The number of carbonyl (C=O) groups is 1. The topological polar surface area (TPSA) is 17.1 Å². The van der Waals surface area contributed by atoms with Gasteiger partial charge in [0.05, 0.1) is 6.42 Å². The van der Waals surface area contributed by atoms with E-state index < -0.39 is 0 Å². The molecule has 0 heterocycles. The highest BCUT2D eigenvalue weighted by Gasteiger charge is 2.53. The summed E-state index contributed by atoms with van der Waals surface area (Å²) in [6, 6.07) is 20.5. The third-order valence-corrected chi connectivity index (χ3v) is 4.31. The van der Waals surface area contributed by atoms with Crippen LogP contribution in [0.2, 0.25) is 0 Å².